The van der Waals surface area contributed by atoms with Crippen LogP contribution in [0.25, 0.3) is 0 Å². The van der Waals surface area contributed by atoms with Crippen LogP contribution < -0.4 is 31.3 Å². The Labute approximate surface area is 295 Å². The lowest BCUT2D eigenvalue weighted by molar-refractivity contribution is -0.154. The summed E-state index contributed by atoms with van der Waals surface area (Å²) < 4.78 is 48.4. The molecular formula is C33H36ClF3N8O6. The summed E-state index contributed by atoms with van der Waals surface area (Å²) in [5.74, 6) is -3.47. The van der Waals surface area contributed by atoms with Gasteiger partial charge in [-0.1, -0.05) is 43.0 Å². The van der Waals surface area contributed by atoms with E-state index in [4.69, 9.17) is 21.1 Å². The minimum atomic E-state index is -4.63. The van der Waals surface area contributed by atoms with Crippen LogP contribution in [-0.2, 0) is 24.7 Å². The monoisotopic (exact) mass is 732 g/mol. The van der Waals surface area contributed by atoms with Crippen molar-refractivity contribution in [2.45, 2.75) is 68.7 Å². The van der Waals surface area contributed by atoms with Gasteiger partial charge in [0, 0.05) is 28.9 Å². The molecule has 0 bridgehead atoms. The topological polar surface area (TPSA) is 186 Å². The van der Waals surface area contributed by atoms with Crippen LogP contribution in [0.1, 0.15) is 60.9 Å². The van der Waals surface area contributed by atoms with Crippen LogP contribution in [0.15, 0.2) is 48.5 Å². The Bertz CT molecular complexity index is 1720. The number of methoxy groups -OCH3 is 1. The highest BCUT2D eigenvalue weighted by molar-refractivity contribution is 6.35. The summed E-state index contributed by atoms with van der Waals surface area (Å²) in [6.07, 6.45) is 1.36. The number of halogens is 4. The number of nitrogens with one attached hydrogen (secondary N) is 5. The van der Waals surface area contributed by atoms with E-state index in [1.54, 1.807) is 12.1 Å². The van der Waals surface area contributed by atoms with Crippen molar-refractivity contribution in [3.05, 3.63) is 64.7 Å². The Morgan fingerprint density at radius 3 is 2.22 bits per heavy atom. The van der Waals surface area contributed by atoms with Gasteiger partial charge in [0.05, 0.1) is 12.6 Å². The van der Waals surface area contributed by atoms with Crippen molar-refractivity contribution in [2.75, 3.05) is 30.9 Å². The fraction of sp³-hybridized carbons (Fsp3) is 0.424. The lowest BCUT2D eigenvalue weighted by atomic mass is 9.95. The highest BCUT2D eigenvalue weighted by Gasteiger charge is 2.45. The maximum atomic E-state index is 13.0. The number of hydrogen-bond acceptors (Lipinski definition) is 11. The third-order valence-electron chi connectivity index (χ3n) is 8.29. The second kappa shape index (κ2) is 16.2. The normalized spacial score (nSPS) is 15.9. The van der Waals surface area contributed by atoms with Gasteiger partial charge >= 0.3 is 30.0 Å². The second-order valence-electron chi connectivity index (χ2n) is 12.2. The zero-order valence-electron chi connectivity index (χ0n) is 27.4. The first-order valence-corrected chi connectivity index (χ1v) is 16.5. The van der Waals surface area contributed by atoms with Gasteiger partial charge in [-0.05, 0) is 67.6 Å². The second-order valence-corrected chi connectivity index (χ2v) is 12.6. The van der Waals surface area contributed by atoms with Crippen LogP contribution in [0.3, 0.4) is 0 Å². The third-order valence-corrected chi connectivity index (χ3v) is 8.54. The highest BCUT2D eigenvalue weighted by Crippen LogP contribution is 2.48. The molecule has 14 nitrogen and oxygen atoms in total. The molecule has 0 unspecified atom stereocenters. The predicted octanol–water partition coefficient (Wildman–Crippen LogP) is 4.15. The molecular weight excluding hydrogens is 697 g/mol. The molecule has 0 radical (unpaired) electrons. The van der Waals surface area contributed by atoms with Crippen LogP contribution in [0, 0.1) is 0 Å². The molecule has 2 saturated carbocycles. The van der Waals surface area contributed by atoms with E-state index in [9.17, 15) is 32.3 Å². The molecule has 5 N–H and O–H groups in total. The molecule has 0 spiro atoms. The molecule has 51 heavy (non-hydrogen) atoms. The van der Waals surface area contributed by atoms with E-state index in [1.807, 2.05) is 12.1 Å². The Kier molecular flexibility index (Phi) is 11.8. The average Bonchev–Trinajstić information content (AvgIpc) is 3.89. The van der Waals surface area contributed by atoms with Crippen molar-refractivity contribution in [3.63, 3.8) is 0 Å². The zero-order chi connectivity index (χ0) is 36.6. The number of rotatable bonds is 13. The predicted molar refractivity (Wildman–Crippen MR) is 178 cm³/mol. The van der Waals surface area contributed by atoms with Crippen molar-refractivity contribution in [1.29, 1.82) is 0 Å². The number of carbonyl (C=O) groups is 4. The molecule has 0 aliphatic heterocycles. The maximum Gasteiger partial charge on any atom is 0.422 e. The summed E-state index contributed by atoms with van der Waals surface area (Å²) in [5.41, 5.74) is 0.809. The molecule has 1 heterocycles. The van der Waals surface area contributed by atoms with Gasteiger partial charge in [-0.25, -0.2) is 4.79 Å². The number of esters is 1. The van der Waals surface area contributed by atoms with Crippen molar-refractivity contribution in [2.24, 2.45) is 0 Å². The van der Waals surface area contributed by atoms with E-state index in [2.05, 4.69) is 41.5 Å². The van der Waals surface area contributed by atoms with E-state index in [-0.39, 0.29) is 23.5 Å². The van der Waals surface area contributed by atoms with Gasteiger partial charge in [0.2, 0.25) is 11.9 Å². The standard InChI is InChI=1S/C33H36ClF3N8O6/c1-50-28(49)24(17-38-26(47)27(48)39-22-5-3-2-4-6-22)41-25(46)19-7-13-23(14-8-19)40-29-42-30(44-31(43-29)51-18-33(35,36)37)45-32(15-16-32)20-9-11-21(34)12-10-20/h7-14,22,24H,2-6,15-18H2,1H3,(H,38,47)(H,39,48)(H,41,46)(H2,40,42,43,44,45)/t24-/m0/s1. The molecule has 2 aromatic carbocycles. The molecule has 5 rings (SSSR count). The number of amides is 3. The number of anilines is 3. The summed E-state index contributed by atoms with van der Waals surface area (Å²) in [4.78, 5) is 62.4. The quantitative estimate of drug-likeness (QED) is 0.126. The summed E-state index contributed by atoms with van der Waals surface area (Å²) >= 11 is 6.02. The molecule has 1 aromatic heterocycles. The van der Waals surface area contributed by atoms with Gasteiger partial charge in [0.1, 0.15) is 6.04 Å². The smallest absolute Gasteiger partial charge is 0.422 e. The lowest BCUT2D eigenvalue weighted by Crippen LogP contribution is -2.52. The molecule has 3 amide bonds. The molecule has 2 fully saturated rings. The van der Waals surface area contributed by atoms with Crippen LogP contribution in [0.4, 0.5) is 30.8 Å². The number of nitrogens with zero attached hydrogens (tertiary/aromatic N) is 3. The Hall–Kier alpha value is -5.19. The molecule has 18 heteroatoms. The Morgan fingerprint density at radius 2 is 1.59 bits per heavy atom. The minimum absolute atomic E-state index is 0.0273. The highest BCUT2D eigenvalue weighted by atomic mass is 35.5. The van der Waals surface area contributed by atoms with E-state index < -0.39 is 60.6 Å². The van der Waals surface area contributed by atoms with Crippen LogP contribution >= 0.6 is 11.6 Å². The summed E-state index contributed by atoms with van der Waals surface area (Å²) in [6.45, 7) is -2.02. The Morgan fingerprint density at radius 1 is 0.922 bits per heavy atom. The fourth-order valence-electron chi connectivity index (χ4n) is 5.46. The number of aromatic nitrogens is 3. The van der Waals surface area contributed by atoms with Gasteiger partial charge in [-0.3, -0.25) is 14.4 Å². The summed E-state index contributed by atoms with van der Waals surface area (Å²) in [6, 6.07) is 10.9. The zero-order valence-corrected chi connectivity index (χ0v) is 28.2. The van der Waals surface area contributed by atoms with Gasteiger partial charge in [-0.2, -0.15) is 28.1 Å². The molecule has 1 atom stereocenters. The van der Waals surface area contributed by atoms with Crippen molar-refractivity contribution in [3.8, 4) is 6.01 Å². The number of hydrogen-bond donors (Lipinski definition) is 5. The number of carbonyl (C=O) groups excluding carboxylic acids is 4. The molecule has 3 aromatic rings. The van der Waals surface area contributed by atoms with Crippen molar-refractivity contribution < 1.29 is 41.8 Å². The molecule has 0 saturated heterocycles. The van der Waals surface area contributed by atoms with E-state index in [0.717, 1.165) is 44.8 Å². The maximum absolute atomic E-state index is 13.0. The number of ether oxygens (including phenoxy) is 2. The fourth-order valence-corrected chi connectivity index (χ4v) is 5.58. The van der Waals surface area contributed by atoms with Crippen molar-refractivity contribution in [1.82, 2.24) is 30.9 Å². The van der Waals surface area contributed by atoms with Crippen LogP contribution in [0.2, 0.25) is 5.02 Å². The van der Waals surface area contributed by atoms with E-state index >= 15 is 0 Å². The molecule has 2 aliphatic carbocycles. The average molecular weight is 733 g/mol. The van der Waals surface area contributed by atoms with Gasteiger partial charge < -0.3 is 36.1 Å². The van der Waals surface area contributed by atoms with Gasteiger partial charge in [0.25, 0.3) is 5.91 Å². The molecule has 272 valence electrons. The number of benzene rings is 2. The SMILES string of the molecule is COC(=O)[C@H](CNC(=O)C(=O)NC1CCCCC1)NC(=O)c1ccc(Nc2nc(NC3(c4ccc(Cl)cc4)CC3)nc(OCC(F)(F)F)n2)cc1. The van der Waals surface area contributed by atoms with E-state index in [1.165, 1.54) is 24.3 Å². The third kappa shape index (κ3) is 10.7. The van der Waals surface area contributed by atoms with Crippen LogP contribution in [-0.4, -0.2) is 77.2 Å². The van der Waals surface area contributed by atoms with E-state index in [0.29, 0.717) is 23.6 Å². The number of alkyl halides is 3. The van der Waals surface area contributed by atoms with Crippen molar-refractivity contribution >= 4 is 52.9 Å². The first-order valence-electron chi connectivity index (χ1n) is 16.2. The van der Waals surface area contributed by atoms with Crippen LogP contribution in [0.5, 0.6) is 6.01 Å². The molecule has 2 aliphatic rings. The Balaban J connectivity index is 1.23. The largest absolute Gasteiger partial charge is 0.467 e. The minimum Gasteiger partial charge on any atom is -0.467 e. The summed E-state index contributed by atoms with van der Waals surface area (Å²) in [5, 5.41) is 14.1. The lowest BCUT2D eigenvalue weighted by Gasteiger charge is -2.22. The summed E-state index contributed by atoms with van der Waals surface area (Å²) in [7, 11) is 1.11. The van der Waals surface area contributed by atoms with Gasteiger partial charge in [0.15, 0.2) is 6.61 Å². The van der Waals surface area contributed by atoms with Gasteiger partial charge in [-0.15, -0.1) is 0 Å². The first kappa shape index (κ1) is 37.1. The first-order chi connectivity index (χ1) is 24.3.